The fourth-order valence-electron chi connectivity index (χ4n) is 1.74. The molecule has 0 aliphatic carbocycles. The topological polar surface area (TPSA) is 76.7 Å². The van der Waals surface area contributed by atoms with Gasteiger partial charge in [-0.1, -0.05) is 36.4 Å². The first-order chi connectivity index (χ1) is 11.1. The van der Waals surface area contributed by atoms with Gasteiger partial charge in [-0.25, -0.2) is 0 Å². The van der Waals surface area contributed by atoms with Gasteiger partial charge in [0.05, 0.1) is 0 Å². The lowest BCUT2D eigenvalue weighted by molar-refractivity contribution is -0.131. The van der Waals surface area contributed by atoms with E-state index < -0.39 is 11.8 Å². The van der Waals surface area contributed by atoms with E-state index in [0.717, 1.165) is 5.56 Å². The minimum Gasteiger partial charge on any atom is -0.484 e. The summed E-state index contributed by atoms with van der Waals surface area (Å²) in [4.78, 5) is 23.2. The van der Waals surface area contributed by atoms with Gasteiger partial charge in [-0.3, -0.25) is 20.4 Å². The van der Waals surface area contributed by atoms with Crippen LogP contribution in [0.15, 0.2) is 54.6 Å². The molecule has 0 heterocycles. The van der Waals surface area contributed by atoms with Crippen molar-refractivity contribution >= 4 is 11.8 Å². The van der Waals surface area contributed by atoms with Gasteiger partial charge in [0.2, 0.25) is 0 Å². The fourth-order valence-corrected chi connectivity index (χ4v) is 1.74. The van der Waals surface area contributed by atoms with E-state index in [1.165, 1.54) is 0 Å². The predicted molar refractivity (Wildman–Crippen MR) is 84.9 cm³/mol. The van der Waals surface area contributed by atoms with Crippen LogP contribution in [-0.2, 0) is 9.59 Å². The van der Waals surface area contributed by atoms with Crippen molar-refractivity contribution in [3.8, 4) is 11.5 Å². The lowest BCUT2D eigenvalue weighted by atomic mass is 10.2. The molecule has 6 heteroatoms. The molecule has 2 N–H and O–H groups in total. The largest absolute Gasteiger partial charge is 0.484 e. The van der Waals surface area contributed by atoms with Crippen LogP contribution in [0.2, 0.25) is 0 Å². The van der Waals surface area contributed by atoms with E-state index in [1.54, 1.807) is 30.3 Å². The summed E-state index contributed by atoms with van der Waals surface area (Å²) in [6.07, 6.45) is 0. The summed E-state index contributed by atoms with van der Waals surface area (Å²) in [6.45, 7) is 1.50. The normalized spacial score (nSPS) is 9.78. The molecular weight excluding hydrogens is 296 g/mol. The molecule has 0 unspecified atom stereocenters. The van der Waals surface area contributed by atoms with Crippen LogP contribution in [0.4, 0.5) is 0 Å². The van der Waals surface area contributed by atoms with Crippen LogP contribution in [0.5, 0.6) is 11.5 Å². The molecule has 0 aromatic heterocycles. The second-order valence-electron chi connectivity index (χ2n) is 4.75. The summed E-state index contributed by atoms with van der Waals surface area (Å²) in [5.41, 5.74) is 5.46. The molecule has 2 aromatic rings. The Balaban J connectivity index is 1.66. The van der Waals surface area contributed by atoms with Crippen molar-refractivity contribution in [2.45, 2.75) is 6.92 Å². The number of hydrazine groups is 1. The van der Waals surface area contributed by atoms with Crippen LogP contribution in [0.3, 0.4) is 0 Å². The summed E-state index contributed by atoms with van der Waals surface area (Å²) in [7, 11) is 0. The molecule has 0 saturated heterocycles. The minimum absolute atomic E-state index is 0.190. The molecule has 0 fully saturated rings. The molecule has 0 bridgehead atoms. The molecule has 6 nitrogen and oxygen atoms in total. The smallest absolute Gasteiger partial charge is 0.276 e. The van der Waals surface area contributed by atoms with E-state index in [1.807, 2.05) is 31.2 Å². The van der Waals surface area contributed by atoms with Gasteiger partial charge in [-0.05, 0) is 30.7 Å². The van der Waals surface area contributed by atoms with Gasteiger partial charge in [0.25, 0.3) is 11.8 Å². The third kappa shape index (κ3) is 5.70. The van der Waals surface area contributed by atoms with Crippen LogP contribution in [0, 0.1) is 6.92 Å². The van der Waals surface area contributed by atoms with Crippen molar-refractivity contribution in [1.82, 2.24) is 10.9 Å². The number of hydrogen-bond donors (Lipinski definition) is 2. The molecule has 120 valence electrons. The van der Waals surface area contributed by atoms with Crippen LogP contribution < -0.4 is 20.3 Å². The predicted octanol–water partition coefficient (Wildman–Crippen LogP) is 1.60. The van der Waals surface area contributed by atoms with E-state index in [2.05, 4.69) is 10.9 Å². The zero-order chi connectivity index (χ0) is 16.5. The van der Waals surface area contributed by atoms with E-state index in [0.29, 0.717) is 11.5 Å². The summed E-state index contributed by atoms with van der Waals surface area (Å²) >= 11 is 0. The molecule has 0 aliphatic heterocycles. The van der Waals surface area contributed by atoms with Crippen molar-refractivity contribution in [3.05, 3.63) is 60.2 Å². The summed E-state index contributed by atoms with van der Waals surface area (Å²) in [5, 5.41) is 0. The Bertz CT molecular complexity index is 659. The van der Waals surface area contributed by atoms with E-state index in [4.69, 9.17) is 9.47 Å². The van der Waals surface area contributed by atoms with Gasteiger partial charge < -0.3 is 9.47 Å². The molecule has 23 heavy (non-hydrogen) atoms. The van der Waals surface area contributed by atoms with Gasteiger partial charge in [0, 0.05) is 0 Å². The van der Waals surface area contributed by atoms with Crippen molar-refractivity contribution in [3.63, 3.8) is 0 Å². The maximum atomic E-state index is 11.6. The van der Waals surface area contributed by atoms with Crippen LogP contribution in [0.25, 0.3) is 0 Å². The molecular formula is C17H18N2O4. The van der Waals surface area contributed by atoms with Crippen molar-refractivity contribution < 1.29 is 19.1 Å². The van der Waals surface area contributed by atoms with E-state index in [9.17, 15) is 9.59 Å². The number of aryl methyl sites for hydroxylation is 1. The van der Waals surface area contributed by atoms with Crippen LogP contribution in [-0.4, -0.2) is 25.0 Å². The number of para-hydroxylation sites is 2. The summed E-state index contributed by atoms with van der Waals surface area (Å²) < 4.78 is 10.6. The molecule has 0 saturated carbocycles. The van der Waals surface area contributed by atoms with Crippen LogP contribution >= 0.6 is 0 Å². The SMILES string of the molecule is Cc1ccccc1OCC(=O)NNC(=O)COc1ccccc1. The van der Waals surface area contributed by atoms with Gasteiger partial charge in [0.1, 0.15) is 11.5 Å². The number of amides is 2. The average Bonchev–Trinajstić information content (AvgIpc) is 2.58. The van der Waals surface area contributed by atoms with Gasteiger partial charge >= 0.3 is 0 Å². The van der Waals surface area contributed by atoms with Crippen molar-refractivity contribution in [2.24, 2.45) is 0 Å². The Morgan fingerprint density at radius 3 is 2.04 bits per heavy atom. The number of carbonyl (C=O) groups excluding carboxylic acids is 2. The standard InChI is InChI=1S/C17H18N2O4/c1-13-7-5-6-10-15(13)23-12-17(21)19-18-16(20)11-22-14-8-3-2-4-9-14/h2-10H,11-12H2,1H3,(H,18,20)(H,19,21). The first kappa shape index (κ1) is 16.4. The van der Waals surface area contributed by atoms with Crippen molar-refractivity contribution in [2.75, 3.05) is 13.2 Å². The lowest BCUT2D eigenvalue weighted by Gasteiger charge is -2.10. The Hall–Kier alpha value is -3.02. The minimum atomic E-state index is -0.460. The Morgan fingerprint density at radius 1 is 0.826 bits per heavy atom. The van der Waals surface area contributed by atoms with E-state index >= 15 is 0 Å². The second-order valence-corrected chi connectivity index (χ2v) is 4.75. The highest BCUT2D eigenvalue weighted by Gasteiger charge is 2.07. The highest BCUT2D eigenvalue weighted by Crippen LogP contribution is 2.15. The summed E-state index contributed by atoms with van der Waals surface area (Å²) in [5.74, 6) is 0.289. The highest BCUT2D eigenvalue weighted by atomic mass is 16.5. The highest BCUT2D eigenvalue weighted by molar-refractivity contribution is 5.83. The van der Waals surface area contributed by atoms with Crippen LogP contribution in [0.1, 0.15) is 5.56 Å². The van der Waals surface area contributed by atoms with Crippen molar-refractivity contribution in [1.29, 1.82) is 0 Å². The first-order valence-corrected chi connectivity index (χ1v) is 7.09. The number of ether oxygens (including phenoxy) is 2. The maximum Gasteiger partial charge on any atom is 0.276 e. The maximum absolute atomic E-state index is 11.6. The third-order valence-corrected chi connectivity index (χ3v) is 2.91. The zero-order valence-electron chi connectivity index (χ0n) is 12.7. The van der Waals surface area contributed by atoms with E-state index in [-0.39, 0.29) is 13.2 Å². The van der Waals surface area contributed by atoms with Gasteiger partial charge in [-0.15, -0.1) is 0 Å². The monoisotopic (exact) mass is 314 g/mol. The number of rotatable bonds is 6. The molecule has 0 atom stereocenters. The van der Waals surface area contributed by atoms with Gasteiger partial charge in [0.15, 0.2) is 13.2 Å². The molecule has 0 spiro atoms. The molecule has 2 amide bonds. The Morgan fingerprint density at radius 2 is 1.39 bits per heavy atom. The molecule has 2 rings (SSSR count). The number of nitrogens with one attached hydrogen (secondary N) is 2. The number of hydrogen-bond acceptors (Lipinski definition) is 4. The quantitative estimate of drug-likeness (QED) is 0.794. The Kier molecular flexibility index (Phi) is 5.99. The molecule has 0 aliphatic rings. The first-order valence-electron chi connectivity index (χ1n) is 7.09. The number of benzene rings is 2. The Labute approximate surface area is 134 Å². The lowest BCUT2D eigenvalue weighted by Crippen LogP contribution is -2.45. The third-order valence-electron chi connectivity index (χ3n) is 2.91. The molecule has 2 aromatic carbocycles. The second kappa shape index (κ2) is 8.43. The number of carbonyl (C=O) groups is 2. The van der Waals surface area contributed by atoms with Gasteiger partial charge in [-0.2, -0.15) is 0 Å². The average molecular weight is 314 g/mol. The fraction of sp³-hybridized carbons (Fsp3) is 0.176. The molecule has 0 radical (unpaired) electrons. The summed E-state index contributed by atoms with van der Waals surface area (Å²) in [6, 6.07) is 16.3. The zero-order valence-corrected chi connectivity index (χ0v) is 12.7.